The van der Waals surface area contributed by atoms with Crippen molar-refractivity contribution in [1.29, 1.82) is 0 Å². The first kappa shape index (κ1) is 9.87. The van der Waals surface area contributed by atoms with E-state index in [2.05, 4.69) is 25.1 Å². The van der Waals surface area contributed by atoms with E-state index in [4.69, 9.17) is 6.42 Å². The standard InChI is InChI=1S/C8H6.C2H4S/c1-2-8-6-4-3-5-7-8;1-2-3/h1,3-7H;2-3H,1H2. The summed E-state index contributed by atoms with van der Waals surface area (Å²) in [6, 6.07) is 9.60. The monoisotopic (exact) mass is 162 g/mol. The van der Waals surface area contributed by atoms with Gasteiger partial charge in [0, 0.05) is 5.56 Å². The van der Waals surface area contributed by atoms with Crippen molar-refractivity contribution in [3.8, 4) is 12.3 Å². The van der Waals surface area contributed by atoms with E-state index in [0.29, 0.717) is 0 Å². The number of hydrogen-bond acceptors (Lipinski definition) is 1. The molecule has 0 N–H and O–H groups in total. The Morgan fingerprint density at radius 1 is 1.36 bits per heavy atom. The maximum absolute atomic E-state index is 5.10. The molecular weight excluding hydrogens is 152 g/mol. The van der Waals surface area contributed by atoms with Crippen molar-refractivity contribution in [2.75, 3.05) is 0 Å². The molecule has 0 atom stereocenters. The number of hydrogen-bond donors (Lipinski definition) is 1. The Labute approximate surface area is 73.4 Å². The third kappa shape index (κ3) is 5.32. The van der Waals surface area contributed by atoms with Crippen LogP contribution in [0.25, 0.3) is 0 Å². The SMILES string of the molecule is C#Cc1ccccc1.C=CS. The second kappa shape index (κ2) is 6.98. The van der Waals surface area contributed by atoms with E-state index in [1.54, 1.807) is 0 Å². The molecule has 0 nitrogen and oxygen atoms in total. The van der Waals surface area contributed by atoms with Crippen molar-refractivity contribution in [2.24, 2.45) is 0 Å². The summed E-state index contributed by atoms with van der Waals surface area (Å²) in [4.78, 5) is 0. The molecule has 0 heterocycles. The first-order valence-corrected chi connectivity index (χ1v) is 3.63. The number of benzene rings is 1. The molecule has 1 aromatic rings. The zero-order chi connectivity index (χ0) is 8.53. The molecule has 0 fully saturated rings. The molecule has 0 aliphatic heterocycles. The van der Waals surface area contributed by atoms with Crippen LogP contribution in [0.2, 0.25) is 0 Å². The van der Waals surface area contributed by atoms with Crippen LogP contribution in [0.1, 0.15) is 5.56 Å². The predicted molar refractivity (Wildman–Crippen MR) is 53.6 cm³/mol. The molecule has 0 aliphatic rings. The molecule has 1 heteroatoms. The van der Waals surface area contributed by atoms with Gasteiger partial charge in [0.2, 0.25) is 0 Å². The summed E-state index contributed by atoms with van der Waals surface area (Å²) in [7, 11) is 0. The highest BCUT2D eigenvalue weighted by Gasteiger charge is 1.76. The molecule has 0 unspecified atom stereocenters. The van der Waals surface area contributed by atoms with Gasteiger partial charge >= 0.3 is 0 Å². The van der Waals surface area contributed by atoms with Crippen LogP contribution in [-0.4, -0.2) is 0 Å². The fourth-order valence-electron chi connectivity index (χ4n) is 0.534. The third-order valence-corrected chi connectivity index (χ3v) is 0.940. The summed E-state index contributed by atoms with van der Waals surface area (Å²) in [5.74, 6) is 2.53. The minimum absolute atomic E-state index is 0.938. The smallest absolute Gasteiger partial charge is 0.0242 e. The minimum atomic E-state index is 0.938. The molecule has 1 aromatic carbocycles. The maximum Gasteiger partial charge on any atom is 0.0242 e. The largest absolute Gasteiger partial charge is 0.152 e. The number of rotatable bonds is 0. The summed E-state index contributed by atoms with van der Waals surface area (Å²) in [5, 5.41) is 1.44. The van der Waals surface area contributed by atoms with Gasteiger partial charge in [-0.05, 0) is 17.5 Å². The summed E-state index contributed by atoms with van der Waals surface area (Å²) in [6.07, 6.45) is 5.10. The highest BCUT2D eigenvalue weighted by Crippen LogP contribution is 1.92. The zero-order valence-corrected chi connectivity index (χ0v) is 7.09. The predicted octanol–water partition coefficient (Wildman–Crippen LogP) is 2.73. The van der Waals surface area contributed by atoms with Crippen molar-refractivity contribution in [3.63, 3.8) is 0 Å². The van der Waals surface area contributed by atoms with Crippen molar-refractivity contribution >= 4 is 12.6 Å². The van der Waals surface area contributed by atoms with Gasteiger partial charge in [0.15, 0.2) is 0 Å². The second-order valence-corrected chi connectivity index (χ2v) is 2.06. The molecular formula is C10H10S. The van der Waals surface area contributed by atoms with Gasteiger partial charge in [-0.3, -0.25) is 0 Å². The lowest BCUT2D eigenvalue weighted by molar-refractivity contribution is 1.65. The van der Waals surface area contributed by atoms with Gasteiger partial charge in [-0.15, -0.1) is 6.42 Å². The topological polar surface area (TPSA) is 0 Å². The minimum Gasteiger partial charge on any atom is -0.152 e. The van der Waals surface area contributed by atoms with Crippen molar-refractivity contribution in [3.05, 3.63) is 47.9 Å². The molecule has 0 aliphatic carbocycles. The van der Waals surface area contributed by atoms with Crippen LogP contribution in [0.3, 0.4) is 0 Å². The van der Waals surface area contributed by atoms with E-state index >= 15 is 0 Å². The van der Waals surface area contributed by atoms with Crippen LogP contribution >= 0.6 is 12.6 Å². The van der Waals surface area contributed by atoms with E-state index in [1.165, 1.54) is 5.41 Å². The Morgan fingerprint density at radius 2 is 1.82 bits per heavy atom. The van der Waals surface area contributed by atoms with E-state index in [1.807, 2.05) is 30.3 Å². The Balaban J connectivity index is 0.000000292. The average Bonchev–Trinajstić information content (AvgIpc) is 2.08. The first-order valence-electron chi connectivity index (χ1n) is 3.12. The van der Waals surface area contributed by atoms with E-state index < -0.39 is 0 Å². The molecule has 0 saturated heterocycles. The van der Waals surface area contributed by atoms with Crippen LogP contribution in [0.5, 0.6) is 0 Å². The summed E-state index contributed by atoms with van der Waals surface area (Å²) < 4.78 is 0. The molecule has 0 amide bonds. The van der Waals surface area contributed by atoms with Crippen LogP contribution < -0.4 is 0 Å². The maximum atomic E-state index is 5.10. The van der Waals surface area contributed by atoms with Gasteiger partial charge in [-0.2, -0.15) is 12.6 Å². The lowest BCUT2D eigenvalue weighted by Gasteiger charge is -1.82. The van der Waals surface area contributed by atoms with Crippen LogP contribution in [-0.2, 0) is 0 Å². The molecule has 56 valence electrons. The third-order valence-electron chi connectivity index (χ3n) is 0.940. The van der Waals surface area contributed by atoms with Crippen LogP contribution in [0.15, 0.2) is 42.3 Å². The first-order chi connectivity index (χ1) is 5.35. The summed E-state index contributed by atoms with van der Waals surface area (Å²) >= 11 is 3.55. The lowest BCUT2D eigenvalue weighted by atomic mass is 10.2. The zero-order valence-electron chi connectivity index (χ0n) is 6.20. The van der Waals surface area contributed by atoms with Crippen molar-refractivity contribution < 1.29 is 0 Å². The van der Waals surface area contributed by atoms with Gasteiger partial charge in [0.25, 0.3) is 0 Å². The molecule has 1 rings (SSSR count). The van der Waals surface area contributed by atoms with Gasteiger partial charge in [0.05, 0.1) is 0 Å². The van der Waals surface area contributed by atoms with E-state index in [0.717, 1.165) is 5.56 Å². The highest BCUT2D eigenvalue weighted by atomic mass is 32.1. The van der Waals surface area contributed by atoms with Crippen LogP contribution in [0.4, 0.5) is 0 Å². The normalized spacial score (nSPS) is 6.91. The molecule has 0 radical (unpaired) electrons. The Morgan fingerprint density at radius 3 is 2.09 bits per heavy atom. The molecule has 0 bridgehead atoms. The Hall–Kier alpha value is -1.13. The molecule has 0 spiro atoms. The summed E-state index contributed by atoms with van der Waals surface area (Å²) in [6.45, 7) is 3.23. The average molecular weight is 162 g/mol. The lowest BCUT2D eigenvalue weighted by Crippen LogP contribution is -1.66. The van der Waals surface area contributed by atoms with Gasteiger partial charge < -0.3 is 0 Å². The van der Waals surface area contributed by atoms with Gasteiger partial charge in [-0.1, -0.05) is 30.7 Å². The fraction of sp³-hybridized carbons (Fsp3) is 0. The molecule has 11 heavy (non-hydrogen) atoms. The second-order valence-electron chi connectivity index (χ2n) is 1.69. The molecule has 0 saturated carbocycles. The summed E-state index contributed by atoms with van der Waals surface area (Å²) in [5.41, 5.74) is 0.938. The van der Waals surface area contributed by atoms with Gasteiger partial charge in [0.1, 0.15) is 0 Å². The fourth-order valence-corrected chi connectivity index (χ4v) is 0.534. The Bertz CT molecular complexity index is 231. The van der Waals surface area contributed by atoms with Crippen LogP contribution in [0, 0.1) is 12.3 Å². The van der Waals surface area contributed by atoms with Crippen molar-refractivity contribution in [1.82, 2.24) is 0 Å². The Kier molecular flexibility index (Phi) is 6.27. The van der Waals surface area contributed by atoms with Gasteiger partial charge in [-0.25, -0.2) is 0 Å². The molecule has 0 aromatic heterocycles. The highest BCUT2D eigenvalue weighted by molar-refractivity contribution is 7.83. The quantitative estimate of drug-likeness (QED) is 0.440. The van der Waals surface area contributed by atoms with Crippen molar-refractivity contribution in [2.45, 2.75) is 0 Å². The van der Waals surface area contributed by atoms with E-state index in [-0.39, 0.29) is 0 Å². The number of thiol groups is 1. The van der Waals surface area contributed by atoms with E-state index in [9.17, 15) is 0 Å². The number of terminal acetylenes is 1.